The van der Waals surface area contributed by atoms with Crippen LogP contribution in [0, 0.1) is 0 Å². The van der Waals surface area contributed by atoms with Crippen LogP contribution in [-0.2, 0) is 6.61 Å². The summed E-state index contributed by atoms with van der Waals surface area (Å²) in [6.45, 7) is 0.0340. The minimum absolute atomic E-state index is 0.0340. The van der Waals surface area contributed by atoms with Crippen LogP contribution in [0.25, 0.3) is 0 Å². The number of aromatic carboxylic acids is 1. The molecule has 1 heterocycles. The molecule has 6 heteroatoms. The number of benzene rings is 1. The van der Waals surface area contributed by atoms with Gasteiger partial charge >= 0.3 is 5.97 Å². The van der Waals surface area contributed by atoms with Crippen molar-refractivity contribution in [2.24, 2.45) is 0 Å². The number of carboxylic acid groups (broad SMARTS) is 1. The minimum atomic E-state index is -1.36. The van der Waals surface area contributed by atoms with Gasteiger partial charge in [-0.25, -0.2) is 4.79 Å². The highest BCUT2D eigenvalue weighted by Gasteiger charge is 2.17. The van der Waals surface area contributed by atoms with Gasteiger partial charge in [-0.3, -0.25) is 4.79 Å². The summed E-state index contributed by atoms with van der Waals surface area (Å²) < 4.78 is 15.1. The van der Waals surface area contributed by atoms with Gasteiger partial charge in [-0.1, -0.05) is 12.1 Å². The maximum atomic E-state index is 11.6. The Balaban J connectivity index is 2.22. The van der Waals surface area contributed by atoms with Gasteiger partial charge < -0.3 is 19.0 Å². The van der Waals surface area contributed by atoms with E-state index in [-0.39, 0.29) is 12.4 Å². The van der Waals surface area contributed by atoms with Crippen molar-refractivity contribution in [1.82, 2.24) is 0 Å². The molecule has 0 saturated carbocycles. The van der Waals surface area contributed by atoms with Crippen molar-refractivity contribution in [3.05, 3.63) is 58.1 Å². The highest BCUT2D eigenvalue weighted by Crippen LogP contribution is 2.17. The summed E-state index contributed by atoms with van der Waals surface area (Å²) in [5.41, 5.74) is 0.195. The fourth-order valence-electron chi connectivity index (χ4n) is 1.61. The van der Waals surface area contributed by atoms with Gasteiger partial charge in [0.2, 0.25) is 11.2 Å². The lowest BCUT2D eigenvalue weighted by Crippen LogP contribution is -2.12. The first-order valence-corrected chi connectivity index (χ1v) is 5.72. The Labute approximate surface area is 114 Å². The lowest BCUT2D eigenvalue weighted by Gasteiger charge is -2.08. The van der Waals surface area contributed by atoms with E-state index in [2.05, 4.69) is 0 Å². The molecule has 20 heavy (non-hydrogen) atoms. The average molecular weight is 276 g/mol. The molecule has 0 radical (unpaired) electrons. The van der Waals surface area contributed by atoms with Gasteiger partial charge in [0.1, 0.15) is 12.4 Å². The van der Waals surface area contributed by atoms with Crippen LogP contribution in [0.5, 0.6) is 11.5 Å². The lowest BCUT2D eigenvalue weighted by atomic mass is 10.2. The number of rotatable bonds is 5. The zero-order valence-corrected chi connectivity index (χ0v) is 10.7. The molecule has 0 saturated heterocycles. The van der Waals surface area contributed by atoms with Gasteiger partial charge in [0.15, 0.2) is 0 Å². The molecule has 2 rings (SSSR count). The maximum Gasteiger partial charge on any atom is 0.375 e. The van der Waals surface area contributed by atoms with Crippen molar-refractivity contribution in [3.8, 4) is 11.5 Å². The van der Waals surface area contributed by atoms with Gasteiger partial charge in [-0.05, 0) is 17.7 Å². The molecule has 0 fully saturated rings. The first-order chi connectivity index (χ1) is 9.61. The van der Waals surface area contributed by atoms with Gasteiger partial charge in [-0.15, -0.1) is 0 Å². The second-order valence-electron chi connectivity index (χ2n) is 3.89. The summed E-state index contributed by atoms with van der Waals surface area (Å²) in [7, 11) is 1.54. The van der Waals surface area contributed by atoms with Crippen molar-refractivity contribution >= 4 is 5.97 Å². The van der Waals surface area contributed by atoms with E-state index in [9.17, 15) is 9.59 Å². The largest absolute Gasteiger partial charge is 0.497 e. The second-order valence-corrected chi connectivity index (χ2v) is 3.89. The van der Waals surface area contributed by atoms with Crippen LogP contribution in [0.2, 0.25) is 0 Å². The molecule has 6 nitrogen and oxygen atoms in total. The summed E-state index contributed by atoms with van der Waals surface area (Å²) in [6, 6.07) is 8.14. The number of carbonyl (C=O) groups is 1. The topological polar surface area (TPSA) is 86.0 Å². The monoisotopic (exact) mass is 276 g/mol. The van der Waals surface area contributed by atoms with Crippen LogP contribution in [0.3, 0.4) is 0 Å². The van der Waals surface area contributed by atoms with E-state index in [4.69, 9.17) is 19.0 Å². The first kappa shape index (κ1) is 13.7. The van der Waals surface area contributed by atoms with E-state index in [1.54, 1.807) is 24.3 Å². The van der Waals surface area contributed by atoms with Crippen LogP contribution in [0.4, 0.5) is 0 Å². The molecule has 1 N–H and O–H groups in total. The van der Waals surface area contributed by atoms with Crippen molar-refractivity contribution in [2.45, 2.75) is 6.61 Å². The second kappa shape index (κ2) is 5.92. The Hall–Kier alpha value is -2.76. The number of carboxylic acids is 1. The third kappa shape index (κ3) is 2.97. The standard InChI is InChI=1S/C14H12O6/c1-18-10-4-2-3-9(7-10)8-20-12-11(15)5-6-19-13(12)14(16)17/h2-7H,8H2,1H3,(H,16,17). The zero-order valence-electron chi connectivity index (χ0n) is 10.7. The molecule has 0 spiro atoms. The van der Waals surface area contributed by atoms with Crippen LogP contribution >= 0.6 is 0 Å². The van der Waals surface area contributed by atoms with Gasteiger partial charge in [0, 0.05) is 6.07 Å². The summed E-state index contributed by atoms with van der Waals surface area (Å²) in [6.07, 6.45) is 1.02. The Morgan fingerprint density at radius 1 is 1.35 bits per heavy atom. The summed E-state index contributed by atoms with van der Waals surface area (Å²) >= 11 is 0. The van der Waals surface area contributed by atoms with E-state index in [0.717, 1.165) is 17.9 Å². The lowest BCUT2D eigenvalue weighted by molar-refractivity contribution is 0.0650. The van der Waals surface area contributed by atoms with Crippen molar-refractivity contribution in [1.29, 1.82) is 0 Å². The maximum absolute atomic E-state index is 11.6. The molecular weight excluding hydrogens is 264 g/mol. The van der Waals surface area contributed by atoms with E-state index in [0.29, 0.717) is 5.75 Å². The number of hydrogen-bond acceptors (Lipinski definition) is 5. The Kier molecular flexibility index (Phi) is 4.05. The summed E-state index contributed by atoms with van der Waals surface area (Å²) in [5, 5.41) is 8.94. The molecule has 0 atom stereocenters. The molecule has 0 amide bonds. The van der Waals surface area contributed by atoms with Crippen molar-refractivity contribution in [3.63, 3.8) is 0 Å². The van der Waals surface area contributed by atoms with E-state index in [1.807, 2.05) is 0 Å². The fourth-order valence-corrected chi connectivity index (χ4v) is 1.61. The highest BCUT2D eigenvalue weighted by atomic mass is 16.5. The van der Waals surface area contributed by atoms with Crippen molar-refractivity contribution in [2.75, 3.05) is 7.11 Å². The molecule has 0 bridgehead atoms. The molecule has 0 aliphatic carbocycles. The predicted molar refractivity (Wildman–Crippen MR) is 69.3 cm³/mol. The molecule has 2 aromatic rings. The van der Waals surface area contributed by atoms with Crippen LogP contribution in [0.15, 0.2) is 45.8 Å². The fraction of sp³-hybridized carbons (Fsp3) is 0.143. The predicted octanol–water partition coefficient (Wildman–Crippen LogP) is 1.93. The third-order valence-corrected chi connectivity index (χ3v) is 2.55. The smallest absolute Gasteiger partial charge is 0.375 e. The summed E-state index contributed by atoms with van der Waals surface area (Å²) in [5.74, 6) is -1.55. The normalized spacial score (nSPS) is 10.1. The molecule has 1 aromatic heterocycles. The molecular formula is C14H12O6. The number of hydrogen-bond donors (Lipinski definition) is 1. The van der Waals surface area contributed by atoms with Gasteiger partial charge in [-0.2, -0.15) is 0 Å². The Morgan fingerprint density at radius 3 is 2.85 bits per heavy atom. The molecule has 0 unspecified atom stereocenters. The van der Waals surface area contributed by atoms with E-state index in [1.165, 1.54) is 7.11 Å². The Bertz CT molecular complexity index is 673. The minimum Gasteiger partial charge on any atom is -0.497 e. The van der Waals surface area contributed by atoms with Crippen LogP contribution < -0.4 is 14.9 Å². The summed E-state index contributed by atoms with van der Waals surface area (Å²) in [4.78, 5) is 22.6. The van der Waals surface area contributed by atoms with Crippen LogP contribution in [0.1, 0.15) is 16.1 Å². The SMILES string of the molecule is COc1cccc(COc2c(C(=O)O)occc2=O)c1. The highest BCUT2D eigenvalue weighted by molar-refractivity contribution is 5.87. The molecule has 1 aromatic carbocycles. The molecule has 0 aliphatic rings. The number of ether oxygens (including phenoxy) is 2. The third-order valence-electron chi connectivity index (χ3n) is 2.55. The molecule has 104 valence electrons. The Morgan fingerprint density at radius 2 is 2.15 bits per heavy atom. The zero-order chi connectivity index (χ0) is 14.5. The van der Waals surface area contributed by atoms with E-state index >= 15 is 0 Å². The van der Waals surface area contributed by atoms with Gasteiger partial charge in [0.05, 0.1) is 13.4 Å². The van der Waals surface area contributed by atoms with Crippen LogP contribution in [-0.4, -0.2) is 18.2 Å². The quantitative estimate of drug-likeness (QED) is 0.898. The number of methoxy groups -OCH3 is 1. The van der Waals surface area contributed by atoms with Gasteiger partial charge in [0.25, 0.3) is 5.76 Å². The molecule has 0 aliphatic heterocycles. The average Bonchev–Trinajstić information content (AvgIpc) is 2.45. The van der Waals surface area contributed by atoms with E-state index < -0.39 is 17.2 Å². The van der Waals surface area contributed by atoms with Crippen molar-refractivity contribution < 1.29 is 23.8 Å². The first-order valence-electron chi connectivity index (χ1n) is 5.72.